The monoisotopic (exact) mass is 1110 g/mol. The van der Waals surface area contributed by atoms with Crippen molar-refractivity contribution in [1.29, 1.82) is 0 Å². The Bertz CT molecular complexity index is 1460. The van der Waals surface area contributed by atoms with Crippen LogP contribution in [0.3, 0.4) is 0 Å². The van der Waals surface area contributed by atoms with Gasteiger partial charge in [-0.05, 0) is 19.3 Å². The van der Waals surface area contributed by atoms with Crippen molar-refractivity contribution in [2.75, 3.05) is 26.4 Å². The third-order valence-corrected chi connectivity index (χ3v) is 15.6. The Kier molecular flexibility index (Phi) is 38.4. The average molecular weight is 1110 g/mol. The number of hydrogen-bond donors (Lipinski definition) is 12. The van der Waals surface area contributed by atoms with Crippen LogP contribution in [0.2, 0.25) is 0 Å². The molecule has 3 saturated heterocycles. The average Bonchev–Trinajstić information content (AvgIpc) is 3.43. The lowest BCUT2D eigenvalue weighted by atomic mass is 9.96. The minimum absolute atomic E-state index is 0.249. The topological polar surface area (TPSA) is 307 Å². The van der Waals surface area contributed by atoms with Crippen LogP contribution in [0.15, 0.2) is 12.2 Å². The molecule has 12 N–H and O–H groups in total. The SMILES string of the molecule is CCCCCCCCCCCCCCCC/C=C/C(O)C(COC1OC(CO)C(OC2OC(CO)C(OC3OC(CO)C(O)C(O)C3O)C(O)C2O)C(O)C1O)NC(=O)CCCCCCCCCCCCCCCCCC. The molecule has 0 radical (unpaired) electrons. The number of unbranched alkanes of at least 4 members (excludes halogenated alkanes) is 29. The number of carbonyl (C=O) groups is 1. The van der Waals surface area contributed by atoms with E-state index in [4.69, 9.17) is 28.4 Å². The van der Waals surface area contributed by atoms with Gasteiger partial charge in [-0.15, -0.1) is 0 Å². The maximum absolute atomic E-state index is 13.3. The molecule has 0 aromatic heterocycles. The second-order valence-corrected chi connectivity index (χ2v) is 22.2. The van der Waals surface area contributed by atoms with Crippen LogP contribution in [0.5, 0.6) is 0 Å². The van der Waals surface area contributed by atoms with E-state index in [1.165, 1.54) is 148 Å². The molecule has 0 aliphatic carbocycles. The molecule has 3 aliphatic heterocycles. The van der Waals surface area contributed by atoms with Crippen LogP contribution in [-0.4, -0.2) is 193 Å². The maximum Gasteiger partial charge on any atom is 0.220 e. The van der Waals surface area contributed by atoms with Crippen LogP contribution in [0.4, 0.5) is 0 Å². The van der Waals surface area contributed by atoms with Gasteiger partial charge in [-0.25, -0.2) is 0 Å². The first kappa shape index (κ1) is 69.8. The Labute approximate surface area is 461 Å². The number of carbonyl (C=O) groups excluding carboxylic acids is 1. The first-order valence-corrected chi connectivity index (χ1v) is 30.4. The smallest absolute Gasteiger partial charge is 0.220 e. The van der Waals surface area contributed by atoms with Crippen molar-refractivity contribution in [2.24, 2.45) is 0 Å². The molecular weight excluding hydrogens is 999 g/mol. The van der Waals surface area contributed by atoms with Gasteiger partial charge in [0.25, 0.3) is 0 Å². The maximum atomic E-state index is 13.3. The van der Waals surface area contributed by atoms with Crippen molar-refractivity contribution in [3.05, 3.63) is 12.2 Å². The first-order valence-electron chi connectivity index (χ1n) is 30.4. The summed E-state index contributed by atoms with van der Waals surface area (Å²) >= 11 is 0. The van der Waals surface area contributed by atoms with E-state index in [0.29, 0.717) is 6.42 Å². The number of hydrogen-bond acceptors (Lipinski definition) is 18. The summed E-state index contributed by atoms with van der Waals surface area (Å²) in [6.45, 7) is 1.73. The molecule has 3 heterocycles. The third-order valence-electron chi connectivity index (χ3n) is 15.6. The summed E-state index contributed by atoms with van der Waals surface area (Å²) in [6, 6.07) is -0.966. The quantitative estimate of drug-likeness (QED) is 0.0269. The lowest BCUT2D eigenvalue weighted by Gasteiger charge is -2.48. The van der Waals surface area contributed by atoms with Gasteiger partial charge in [0.05, 0.1) is 38.6 Å². The van der Waals surface area contributed by atoms with Crippen molar-refractivity contribution < 1.29 is 89.4 Å². The molecule has 77 heavy (non-hydrogen) atoms. The van der Waals surface area contributed by atoms with Gasteiger partial charge in [0.1, 0.15) is 73.2 Å². The summed E-state index contributed by atoms with van der Waals surface area (Å²) < 4.78 is 34.2. The number of allylic oxidation sites excluding steroid dienone is 1. The Morgan fingerprint density at radius 3 is 1.22 bits per heavy atom. The van der Waals surface area contributed by atoms with Crippen molar-refractivity contribution in [3.63, 3.8) is 0 Å². The van der Waals surface area contributed by atoms with Crippen LogP contribution in [0, 0.1) is 0 Å². The third kappa shape index (κ3) is 26.5. The summed E-state index contributed by atoms with van der Waals surface area (Å²) in [5, 5.41) is 120. The molecule has 0 spiro atoms. The van der Waals surface area contributed by atoms with Crippen molar-refractivity contribution in [2.45, 2.75) is 324 Å². The Balaban J connectivity index is 1.51. The summed E-state index contributed by atoms with van der Waals surface area (Å²) in [6.07, 6.45) is 14.7. The molecule has 19 nitrogen and oxygen atoms in total. The first-order chi connectivity index (χ1) is 37.3. The molecule has 0 bridgehead atoms. The molecule has 0 aromatic rings. The fraction of sp³-hybridized carbons (Fsp3) is 0.948. The van der Waals surface area contributed by atoms with Gasteiger partial charge in [0, 0.05) is 6.42 Å². The number of amides is 1. The Morgan fingerprint density at radius 1 is 0.455 bits per heavy atom. The normalized spacial score (nSPS) is 30.7. The zero-order chi connectivity index (χ0) is 56.2. The standard InChI is InChI=1S/C58H109NO18/c1-3-5-7-9-11-13-15-17-19-21-23-25-27-29-31-33-35-42(63)41(59-46(64)36-34-32-30-28-26-24-22-20-18-16-14-12-10-8-6-4-2)40-72-56-52(70)49(67)54(44(38-61)74-56)77-58-53(71)50(68)55(45(39-62)75-58)76-57-51(69)48(66)47(65)43(37-60)73-57/h33,35,41-45,47-58,60-63,65-71H,3-32,34,36-40H2,1-2H3,(H,59,64)/b35-33+. The zero-order valence-corrected chi connectivity index (χ0v) is 47.2. The minimum Gasteiger partial charge on any atom is -0.394 e. The number of ether oxygens (including phenoxy) is 6. The van der Waals surface area contributed by atoms with Crippen LogP contribution in [-0.2, 0) is 33.2 Å². The van der Waals surface area contributed by atoms with Gasteiger partial charge in [-0.1, -0.05) is 206 Å². The molecule has 0 aromatic carbocycles. The molecule has 3 aliphatic rings. The molecule has 0 saturated carbocycles. The van der Waals surface area contributed by atoms with E-state index in [0.717, 1.165) is 44.9 Å². The van der Waals surface area contributed by atoms with E-state index < -0.39 is 124 Å². The number of nitrogens with one attached hydrogen (secondary N) is 1. The molecule has 1 amide bonds. The highest BCUT2D eigenvalue weighted by Gasteiger charge is 2.53. The van der Waals surface area contributed by atoms with Gasteiger partial charge >= 0.3 is 0 Å². The largest absolute Gasteiger partial charge is 0.394 e. The highest BCUT2D eigenvalue weighted by Crippen LogP contribution is 2.33. The number of aliphatic hydroxyl groups excluding tert-OH is 11. The molecule has 454 valence electrons. The predicted octanol–water partition coefficient (Wildman–Crippen LogP) is 5.38. The van der Waals surface area contributed by atoms with Gasteiger partial charge in [0.2, 0.25) is 5.91 Å². The fourth-order valence-corrected chi connectivity index (χ4v) is 10.5. The number of aliphatic hydroxyl groups is 11. The molecule has 19 heteroatoms. The van der Waals surface area contributed by atoms with Crippen LogP contribution in [0.1, 0.15) is 219 Å². The van der Waals surface area contributed by atoms with Crippen LogP contribution < -0.4 is 5.32 Å². The van der Waals surface area contributed by atoms with Crippen molar-refractivity contribution in [3.8, 4) is 0 Å². The van der Waals surface area contributed by atoms with E-state index >= 15 is 0 Å². The second kappa shape index (κ2) is 42.4. The predicted molar refractivity (Wildman–Crippen MR) is 291 cm³/mol. The summed E-state index contributed by atoms with van der Waals surface area (Å²) in [4.78, 5) is 13.3. The van der Waals surface area contributed by atoms with E-state index in [9.17, 15) is 61.0 Å². The lowest BCUT2D eigenvalue weighted by Crippen LogP contribution is -2.66. The highest BCUT2D eigenvalue weighted by molar-refractivity contribution is 5.76. The minimum atomic E-state index is -1.97. The highest BCUT2D eigenvalue weighted by atomic mass is 16.8. The van der Waals surface area contributed by atoms with Crippen LogP contribution >= 0.6 is 0 Å². The summed E-state index contributed by atoms with van der Waals surface area (Å²) in [5.74, 6) is -0.273. The van der Waals surface area contributed by atoms with E-state index in [1.54, 1.807) is 6.08 Å². The van der Waals surface area contributed by atoms with Crippen molar-refractivity contribution >= 4 is 5.91 Å². The molecule has 17 atom stereocenters. The summed E-state index contributed by atoms with van der Waals surface area (Å²) in [5.41, 5.74) is 0. The van der Waals surface area contributed by atoms with Crippen molar-refractivity contribution in [1.82, 2.24) is 5.32 Å². The fourth-order valence-electron chi connectivity index (χ4n) is 10.5. The lowest BCUT2D eigenvalue weighted by molar-refractivity contribution is -0.379. The molecule has 3 fully saturated rings. The number of rotatable bonds is 45. The van der Waals surface area contributed by atoms with Gasteiger partial charge in [-0.2, -0.15) is 0 Å². The van der Waals surface area contributed by atoms with Gasteiger partial charge < -0.3 is 89.9 Å². The Morgan fingerprint density at radius 2 is 0.805 bits per heavy atom. The van der Waals surface area contributed by atoms with E-state index in [2.05, 4.69) is 19.2 Å². The van der Waals surface area contributed by atoms with E-state index in [1.807, 2.05) is 6.08 Å². The second-order valence-electron chi connectivity index (χ2n) is 22.2. The van der Waals surface area contributed by atoms with E-state index in [-0.39, 0.29) is 18.9 Å². The Hall–Kier alpha value is -1.47. The molecule has 17 unspecified atom stereocenters. The summed E-state index contributed by atoms with van der Waals surface area (Å²) in [7, 11) is 0. The molecule has 3 rings (SSSR count). The van der Waals surface area contributed by atoms with Crippen LogP contribution in [0.25, 0.3) is 0 Å². The zero-order valence-electron chi connectivity index (χ0n) is 47.2. The molecular formula is C58H109NO18. The van der Waals surface area contributed by atoms with Gasteiger partial charge in [-0.3, -0.25) is 4.79 Å². The van der Waals surface area contributed by atoms with Gasteiger partial charge in [0.15, 0.2) is 18.9 Å².